The van der Waals surface area contributed by atoms with Crippen molar-refractivity contribution in [2.24, 2.45) is 5.73 Å². The summed E-state index contributed by atoms with van der Waals surface area (Å²) in [6.45, 7) is 1.36. The summed E-state index contributed by atoms with van der Waals surface area (Å²) < 4.78 is 5.37. The third-order valence-electron chi connectivity index (χ3n) is 2.15. The minimum atomic E-state index is -0.997. The summed E-state index contributed by atoms with van der Waals surface area (Å²) in [5.74, 6) is -0.471. The molecule has 0 aromatic heterocycles. The van der Waals surface area contributed by atoms with E-state index < -0.39 is 18.1 Å². The standard InChI is InChI=1S/C11H13IN2O4/c1-6(18-11(13)17)10(16)14-8-3-2-7(5-15)9(12)4-8/h2-4,6,15H,5H2,1H3,(H2,13,17)(H,14,16). The molecule has 0 bridgehead atoms. The molecule has 98 valence electrons. The number of aliphatic hydroxyl groups is 1. The lowest BCUT2D eigenvalue weighted by Gasteiger charge is -2.12. The average molecular weight is 364 g/mol. The largest absolute Gasteiger partial charge is 0.437 e. The number of carbonyl (C=O) groups is 2. The first-order valence-electron chi connectivity index (χ1n) is 5.10. The maximum absolute atomic E-state index is 11.6. The first-order valence-corrected chi connectivity index (χ1v) is 6.18. The monoisotopic (exact) mass is 364 g/mol. The number of rotatable bonds is 4. The lowest BCUT2D eigenvalue weighted by atomic mass is 10.2. The van der Waals surface area contributed by atoms with Crippen LogP contribution < -0.4 is 11.1 Å². The zero-order valence-corrected chi connectivity index (χ0v) is 11.8. The predicted octanol–water partition coefficient (Wildman–Crippen LogP) is 1.21. The first kappa shape index (κ1) is 14.7. The third kappa shape index (κ3) is 4.15. The molecule has 18 heavy (non-hydrogen) atoms. The summed E-state index contributed by atoms with van der Waals surface area (Å²) >= 11 is 2.05. The van der Waals surface area contributed by atoms with Gasteiger partial charge in [-0.05, 0) is 47.2 Å². The van der Waals surface area contributed by atoms with Crippen LogP contribution in [0.5, 0.6) is 0 Å². The van der Waals surface area contributed by atoms with Crippen LogP contribution in [-0.4, -0.2) is 23.2 Å². The summed E-state index contributed by atoms with van der Waals surface area (Å²) in [6.07, 6.45) is -1.96. The molecule has 0 aliphatic carbocycles. The molecule has 4 N–H and O–H groups in total. The molecular weight excluding hydrogens is 351 g/mol. The minimum absolute atomic E-state index is 0.0618. The number of anilines is 1. The van der Waals surface area contributed by atoms with Gasteiger partial charge in [0.1, 0.15) is 0 Å². The highest BCUT2D eigenvalue weighted by atomic mass is 127. The third-order valence-corrected chi connectivity index (χ3v) is 3.16. The Morgan fingerprint density at radius 3 is 2.72 bits per heavy atom. The van der Waals surface area contributed by atoms with E-state index in [1.807, 2.05) is 0 Å². The molecule has 6 nitrogen and oxygen atoms in total. The molecule has 2 amide bonds. The molecule has 0 spiro atoms. The van der Waals surface area contributed by atoms with Gasteiger partial charge in [-0.2, -0.15) is 0 Å². The van der Waals surface area contributed by atoms with E-state index in [9.17, 15) is 9.59 Å². The van der Waals surface area contributed by atoms with Crippen molar-refractivity contribution in [2.45, 2.75) is 19.6 Å². The van der Waals surface area contributed by atoms with Gasteiger partial charge < -0.3 is 20.9 Å². The second kappa shape index (κ2) is 6.55. The van der Waals surface area contributed by atoms with E-state index in [0.29, 0.717) is 5.69 Å². The highest BCUT2D eigenvalue weighted by Gasteiger charge is 2.16. The Kier molecular flexibility index (Phi) is 5.35. The fraction of sp³-hybridized carbons (Fsp3) is 0.273. The summed E-state index contributed by atoms with van der Waals surface area (Å²) in [7, 11) is 0. The van der Waals surface area contributed by atoms with Gasteiger partial charge in [-0.25, -0.2) is 4.79 Å². The van der Waals surface area contributed by atoms with Crippen LogP contribution >= 0.6 is 22.6 Å². The fourth-order valence-corrected chi connectivity index (χ4v) is 1.91. The van der Waals surface area contributed by atoms with Gasteiger partial charge in [-0.1, -0.05) is 6.07 Å². The number of primary amides is 1. The van der Waals surface area contributed by atoms with Gasteiger partial charge in [-0.15, -0.1) is 0 Å². The Balaban J connectivity index is 2.70. The van der Waals surface area contributed by atoms with Gasteiger partial charge in [0, 0.05) is 9.26 Å². The molecule has 1 rings (SSSR count). The van der Waals surface area contributed by atoms with Crippen LogP contribution in [0.2, 0.25) is 0 Å². The summed E-state index contributed by atoms with van der Waals surface area (Å²) in [5.41, 5.74) is 6.15. The summed E-state index contributed by atoms with van der Waals surface area (Å²) in [4.78, 5) is 22.1. The number of hydrogen-bond acceptors (Lipinski definition) is 4. The number of aliphatic hydroxyl groups excluding tert-OH is 1. The van der Waals surface area contributed by atoms with Crippen molar-refractivity contribution in [1.29, 1.82) is 0 Å². The second-order valence-corrected chi connectivity index (χ2v) is 4.69. The summed E-state index contributed by atoms with van der Waals surface area (Å²) in [5, 5.41) is 11.6. The van der Waals surface area contributed by atoms with Gasteiger partial charge in [0.25, 0.3) is 5.91 Å². The molecule has 0 aliphatic heterocycles. The van der Waals surface area contributed by atoms with Crippen molar-refractivity contribution < 1.29 is 19.4 Å². The van der Waals surface area contributed by atoms with E-state index in [0.717, 1.165) is 9.13 Å². The van der Waals surface area contributed by atoms with Crippen molar-refractivity contribution in [1.82, 2.24) is 0 Å². The molecule has 1 unspecified atom stereocenters. The molecule has 0 radical (unpaired) electrons. The Morgan fingerprint density at radius 2 is 2.22 bits per heavy atom. The number of hydrogen-bond donors (Lipinski definition) is 3. The van der Waals surface area contributed by atoms with Crippen molar-refractivity contribution >= 4 is 40.3 Å². The van der Waals surface area contributed by atoms with E-state index in [-0.39, 0.29) is 6.61 Å². The van der Waals surface area contributed by atoms with Crippen molar-refractivity contribution in [3.8, 4) is 0 Å². The Hall–Kier alpha value is -1.35. The first-order chi connectivity index (χ1) is 8.43. The van der Waals surface area contributed by atoms with E-state index >= 15 is 0 Å². The van der Waals surface area contributed by atoms with Crippen molar-refractivity contribution in [3.05, 3.63) is 27.3 Å². The smallest absolute Gasteiger partial charge is 0.405 e. The molecule has 0 heterocycles. The molecule has 1 atom stereocenters. The molecule has 0 saturated carbocycles. The molecule has 1 aromatic carbocycles. The van der Waals surface area contributed by atoms with Crippen LogP contribution in [0.4, 0.5) is 10.5 Å². The zero-order valence-electron chi connectivity index (χ0n) is 9.64. The highest BCUT2D eigenvalue weighted by molar-refractivity contribution is 14.1. The van der Waals surface area contributed by atoms with Crippen LogP contribution in [0, 0.1) is 3.57 Å². The predicted molar refractivity (Wildman–Crippen MR) is 73.8 cm³/mol. The number of amides is 2. The molecule has 1 aromatic rings. The highest BCUT2D eigenvalue weighted by Crippen LogP contribution is 2.18. The average Bonchev–Trinajstić information content (AvgIpc) is 2.28. The number of nitrogens with one attached hydrogen (secondary N) is 1. The maximum atomic E-state index is 11.6. The molecule has 0 fully saturated rings. The topological polar surface area (TPSA) is 102 Å². The van der Waals surface area contributed by atoms with Crippen LogP contribution in [0.15, 0.2) is 18.2 Å². The molecule has 0 aliphatic rings. The quantitative estimate of drug-likeness (QED) is 0.699. The van der Waals surface area contributed by atoms with E-state index in [2.05, 4.69) is 32.6 Å². The Labute approximate surface area is 118 Å². The number of carbonyl (C=O) groups excluding carboxylic acids is 2. The SMILES string of the molecule is CC(OC(N)=O)C(=O)Nc1ccc(CO)c(I)c1. The van der Waals surface area contributed by atoms with Crippen molar-refractivity contribution in [2.75, 3.05) is 5.32 Å². The number of ether oxygens (including phenoxy) is 1. The van der Waals surface area contributed by atoms with Gasteiger partial charge in [0.05, 0.1) is 6.61 Å². The number of halogens is 1. The van der Waals surface area contributed by atoms with Crippen LogP contribution in [-0.2, 0) is 16.1 Å². The fourth-order valence-electron chi connectivity index (χ4n) is 1.22. The van der Waals surface area contributed by atoms with E-state index in [4.69, 9.17) is 10.8 Å². The van der Waals surface area contributed by atoms with Crippen LogP contribution in [0.1, 0.15) is 12.5 Å². The van der Waals surface area contributed by atoms with Gasteiger partial charge in [0.2, 0.25) is 0 Å². The lowest BCUT2D eigenvalue weighted by Crippen LogP contribution is -2.31. The lowest BCUT2D eigenvalue weighted by molar-refractivity contribution is -0.123. The van der Waals surface area contributed by atoms with Crippen molar-refractivity contribution in [3.63, 3.8) is 0 Å². The van der Waals surface area contributed by atoms with Gasteiger partial charge >= 0.3 is 6.09 Å². The molecule has 7 heteroatoms. The zero-order chi connectivity index (χ0) is 13.7. The van der Waals surface area contributed by atoms with E-state index in [1.165, 1.54) is 6.92 Å². The minimum Gasteiger partial charge on any atom is -0.437 e. The van der Waals surface area contributed by atoms with E-state index in [1.54, 1.807) is 18.2 Å². The van der Waals surface area contributed by atoms with Gasteiger partial charge in [-0.3, -0.25) is 4.79 Å². The molecular formula is C11H13IN2O4. The molecule has 0 saturated heterocycles. The number of benzene rings is 1. The second-order valence-electron chi connectivity index (χ2n) is 3.53. The number of nitrogens with two attached hydrogens (primary N) is 1. The van der Waals surface area contributed by atoms with Crippen LogP contribution in [0.3, 0.4) is 0 Å². The van der Waals surface area contributed by atoms with Gasteiger partial charge in [0.15, 0.2) is 6.10 Å². The Morgan fingerprint density at radius 1 is 1.56 bits per heavy atom. The van der Waals surface area contributed by atoms with Crippen LogP contribution in [0.25, 0.3) is 0 Å². The maximum Gasteiger partial charge on any atom is 0.405 e. The summed E-state index contributed by atoms with van der Waals surface area (Å²) in [6, 6.07) is 5.07. The Bertz CT molecular complexity index is 464. The normalized spacial score (nSPS) is 11.7.